The van der Waals surface area contributed by atoms with Crippen molar-refractivity contribution in [2.45, 2.75) is 44.4 Å². The standard InChI is InChI=1S/C18H21N3O2/c22-18(20-14-5-6-17-19-8-9-21(17)12-14)11-16-15-4-2-1-3-13(15)7-10-23-16/h1-4,8-9,14,16H,5-7,10-12H2,(H,20,22)/t14-,16+/m0/s1. The van der Waals surface area contributed by atoms with E-state index >= 15 is 0 Å². The number of hydrogen-bond acceptors (Lipinski definition) is 3. The van der Waals surface area contributed by atoms with Crippen LogP contribution in [0, 0.1) is 0 Å². The molecule has 120 valence electrons. The fourth-order valence-corrected chi connectivity index (χ4v) is 3.59. The molecule has 0 radical (unpaired) electrons. The Hall–Kier alpha value is -2.14. The normalized spacial score (nSPS) is 23.0. The molecule has 5 heteroatoms. The predicted molar refractivity (Wildman–Crippen MR) is 85.9 cm³/mol. The largest absolute Gasteiger partial charge is 0.373 e. The van der Waals surface area contributed by atoms with Crippen LogP contribution in [0.4, 0.5) is 0 Å². The van der Waals surface area contributed by atoms with Gasteiger partial charge in [0, 0.05) is 31.4 Å². The lowest BCUT2D eigenvalue weighted by molar-refractivity contribution is -0.125. The maximum atomic E-state index is 12.4. The van der Waals surface area contributed by atoms with Crippen LogP contribution >= 0.6 is 0 Å². The van der Waals surface area contributed by atoms with Gasteiger partial charge in [-0.2, -0.15) is 0 Å². The summed E-state index contributed by atoms with van der Waals surface area (Å²) in [7, 11) is 0. The Balaban J connectivity index is 1.38. The zero-order valence-corrected chi connectivity index (χ0v) is 13.1. The first kappa shape index (κ1) is 14.5. The number of fused-ring (bicyclic) bond motifs is 2. The van der Waals surface area contributed by atoms with E-state index in [9.17, 15) is 4.79 Å². The number of aryl methyl sites for hydroxylation is 1. The number of benzene rings is 1. The molecule has 2 aromatic rings. The number of imidazole rings is 1. The van der Waals surface area contributed by atoms with Crippen LogP contribution in [-0.2, 0) is 28.9 Å². The van der Waals surface area contributed by atoms with Crippen molar-refractivity contribution in [3.05, 3.63) is 53.6 Å². The number of ether oxygens (including phenoxy) is 1. The second kappa shape index (κ2) is 6.16. The summed E-state index contributed by atoms with van der Waals surface area (Å²) in [6.45, 7) is 1.50. The van der Waals surface area contributed by atoms with E-state index in [4.69, 9.17) is 4.74 Å². The Bertz CT molecular complexity index is 710. The lowest BCUT2D eigenvalue weighted by Gasteiger charge is -2.28. The molecule has 23 heavy (non-hydrogen) atoms. The molecule has 1 aromatic heterocycles. The summed E-state index contributed by atoms with van der Waals surface area (Å²) >= 11 is 0. The first-order valence-corrected chi connectivity index (χ1v) is 8.28. The summed E-state index contributed by atoms with van der Waals surface area (Å²) < 4.78 is 7.96. The molecule has 5 nitrogen and oxygen atoms in total. The molecule has 3 heterocycles. The number of hydrogen-bond donors (Lipinski definition) is 1. The van der Waals surface area contributed by atoms with Gasteiger partial charge in [0.25, 0.3) is 0 Å². The van der Waals surface area contributed by atoms with Gasteiger partial charge in [-0.1, -0.05) is 24.3 Å². The molecule has 2 atom stereocenters. The van der Waals surface area contributed by atoms with Gasteiger partial charge in [0.1, 0.15) is 5.82 Å². The molecule has 2 aliphatic heterocycles. The SMILES string of the molecule is O=C(C[C@H]1OCCc2ccccc21)N[C@H]1CCc2nccn2C1. The van der Waals surface area contributed by atoms with E-state index in [1.165, 1.54) is 5.56 Å². The van der Waals surface area contributed by atoms with Crippen LogP contribution in [0.25, 0.3) is 0 Å². The third kappa shape index (κ3) is 3.01. The minimum absolute atomic E-state index is 0.0697. The number of amides is 1. The van der Waals surface area contributed by atoms with Crippen LogP contribution in [-0.4, -0.2) is 28.1 Å². The fraction of sp³-hybridized carbons (Fsp3) is 0.444. The predicted octanol–water partition coefficient (Wildman–Crippen LogP) is 2.02. The number of aromatic nitrogens is 2. The zero-order chi connectivity index (χ0) is 15.6. The molecule has 0 bridgehead atoms. The average Bonchev–Trinajstić information content (AvgIpc) is 3.03. The second-order valence-electron chi connectivity index (χ2n) is 6.31. The van der Waals surface area contributed by atoms with Gasteiger partial charge in [-0.05, 0) is 24.0 Å². The topological polar surface area (TPSA) is 56.1 Å². The van der Waals surface area contributed by atoms with Gasteiger partial charge in [0.05, 0.1) is 19.1 Å². The van der Waals surface area contributed by atoms with Crippen LogP contribution in [0.15, 0.2) is 36.7 Å². The van der Waals surface area contributed by atoms with Crippen molar-refractivity contribution in [1.29, 1.82) is 0 Å². The smallest absolute Gasteiger partial charge is 0.223 e. The van der Waals surface area contributed by atoms with E-state index < -0.39 is 0 Å². The van der Waals surface area contributed by atoms with E-state index in [0.29, 0.717) is 13.0 Å². The first-order valence-electron chi connectivity index (χ1n) is 8.28. The molecular weight excluding hydrogens is 290 g/mol. The van der Waals surface area contributed by atoms with Gasteiger partial charge >= 0.3 is 0 Å². The van der Waals surface area contributed by atoms with E-state index in [-0.39, 0.29) is 18.1 Å². The lowest BCUT2D eigenvalue weighted by atomic mass is 9.95. The van der Waals surface area contributed by atoms with Crippen LogP contribution in [0.5, 0.6) is 0 Å². The molecule has 0 spiro atoms. The van der Waals surface area contributed by atoms with Crippen molar-refractivity contribution >= 4 is 5.91 Å². The minimum atomic E-state index is -0.118. The summed E-state index contributed by atoms with van der Waals surface area (Å²) in [5.74, 6) is 1.18. The summed E-state index contributed by atoms with van der Waals surface area (Å²) in [6, 6.07) is 8.45. The van der Waals surface area contributed by atoms with Crippen molar-refractivity contribution < 1.29 is 9.53 Å². The molecule has 0 aliphatic carbocycles. The van der Waals surface area contributed by atoms with Gasteiger partial charge in [-0.25, -0.2) is 4.98 Å². The highest BCUT2D eigenvalue weighted by molar-refractivity contribution is 5.77. The number of nitrogens with zero attached hydrogens (tertiary/aromatic N) is 2. The molecule has 1 aromatic carbocycles. The molecular formula is C18H21N3O2. The third-order valence-corrected chi connectivity index (χ3v) is 4.76. The van der Waals surface area contributed by atoms with Gasteiger partial charge in [0.2, 0.25) is 5.91 Å². The Morgan fingerprint density at radius 1 is 1.35 bits per heavy atom. The maximum Gasteiger partial charge on any atom is 0.223 e. The van der Waals surface area contributed by atoms with Crippen LogP contribution < -0.4 is 5.32 Å². The first-order chi connectivity index (χ1) is 11.3. The second-order valence-corrected chi connectivity index (χ2v) is 6.31. The van der Waals surface area contributed by atoms with Crippen molar-refractivity contribution in [2.75, 3.05) is 6.61 Å². The Morgan fingerprint density at radius 2 is 2.26 bits per heavy atom. The van der Waals surface area contributed by atoms with Gasteiger partial charge in [-0.15, -0.1) is 0 Å². The lowest BCUT2D eigenvalue weighted by Crippen LogP contribution is -2.41. The van der Waals surface area contributed by atoms with Crippen LogP contribution in [0.2, 0.25) is 0 Å². The van der Waals surface area contributed by atoms with Crippen LogP contribution in [0.1, 0.15) is 35.9 Å². The highest BCUT2D eigenvalue weighted by atomic mass is 16.5. The van der Waals surface area contributed by atoms with E-state index in [0.717, 1.165) is 37.2 Å². The molecule has 0 unspecified atom stereocenters. The minimum Gasteiger partial charge on any atom is -0.373 e. The number of nitrogens with one attached hydrogen (secondary N) is 1. The molecule has 1 amide bonds. The molecule has 4 rings (SSSR count). The van der Waals surface area contributed by atoms with Crippen molar-refractivity contribution in [2.24, 2.45) is 0 Å². The third-order valence-electron chi connectivity index (χ3n) is 4.76. The van der Waals surface area contributed by atoms with Gasteiger partial charge in [0.15, 0.2) is 0 Å². The molecule has 1 N–H and O–H groups in total. The Labute approximate surface area is 135 Å². The number of carbonyl (C=O) groups is 1. The highest BCUT2D eigenvalue weighted by Crippen LogP contribution is 2.29. The van der Waals surface area contributed by atoms with Crippen molar-refractivity contribution in [3.63, 3.8) is 0 Å². The maximum absolute atomic E-state index is 12.4. The molecule has 0 fully saturated rings. The quantitative estimate of drug-likeness (QED) is 0.943. The van der Waals surface area contributed by atoms with E-state index in [1.54, 1.807) is 0 Å². The zero-order valence-electron chi connectivity index (χ0n) is 13.1. The molecule has 0 saturated heterocycles. The van der Waals surface area contributed by atoms with E-state index in [1.807, 2.05) is 24.5 Å². The summed E-state index contributed by atoms with van der Waals surface area (Å²) in [5, 5.41) is 3.16. The Morgan fingerprint density at radius 3 is 3.22 bits per heavy atom. The van der Waals surface area contributed by atoms with Gasteiger partial charge < -0.3 is 14.6 Å². The molecule has 0 saturated carbocycles. The summed E-state index contributed by atoms with van der Waals surface area (Å²) in [6.07, 6.45) is 6.88. The van der Waals surface area contributed by atoms with E-state index in [2.05, 4.69) is 27.0 Å². The Kier molecular flexibility index (Phi) is 3.87. The van der Waals surface area contributed by atoms with Gasteiger partial charge in [-0.3, -0.25) is 4.79 Å². The highest BCUT2D eigenvalue weighted by Gasteiger charge is 2.25. The van der Waals surface area contributed by atoms with Crippen LogP contribution in [0.3, 0.4) is 0 Å². The summed E-state index contributed by atoms with van der Waals surface area (Å²) in [5.41, 5.74) is 2.46. The summed E-state index contributed by atoms with van der Waals surface area (Å²) in [4.78, 5) is 16.7. The average molecular weight is 311 g/mol. The molecule has 2 aliphatic rings. The van der Waals surface area contributed by atoms with Crippen molar-refractivity contribution in [1.82, 2.24) is 14.9 Å². The fourth-order valence-electron chi connectivity index (χ4n) is 3.59. The monoisotopic (exact) mass is 311 g/mol. The number of rotatable bonds is 3. The number of carbonyl (C=O) groups excluding carboxylic acids is 1. The van der Waals surface area contributed by atoms with Crippen molar-refractivity contribution in [3.8, 4) is 0 Å².